The molecule has 0 saturated carbocycles. The zero-order valence-corrected chi connectivity index (χ0v) is 38.8. The first kappa shape index (κ1) is 42.8. The number of benzene rings is 5. The predicted octanol–water partition coefficient (Wildman–Crippen LogP) is 11.6. The Bertz CT molecular complexity index is 1960. The molecule has 4 atom stereocenters. The van der Waals surface area contributed by atoms with E-state index in [9.17, 15) is 0 Å². The van der Waals surface area contributed by atoms with Crippen LogP contribution in [0.3, 0.4) is 0 Å². The predicted molar refractivity (Wildman–Crippen MR) is 263 cm³/mol. The van der Waals surface area contributed by atoms with Gasteiger partial charge < -0.3 is 4.90 Å². The van der Waals surface area contributed by atoms with Gasteiger partial charge in [0.05, 0.1) is 46.5 Å². The van der Waals surface area contributed by atoms with Crippen molar-refractivity contribution >= 4 is 61.2 Å². The fourth-order valence-corrected chi connectivity index (χ4v) is 28.1. The summed E-state index contributed by atoms with van der Waals surface area (Å²) in [5.41, 5.74) is 3.70. The molecule has 0 unspecified atom stereocenters. The van der Waals surface area contributed by atoms with Gasteiger partial charge in [-0.05, 0) is 148 Å². The highest BCUT2D eigenvalue weighted by molar-refractivity contribution is 7.99. The van der Waals surface area contributed by atoms with Crippen LogP contribution >= 0.6 is 29.4 Å². The summed E-state index contributed by atoms with van der Waals surface area (Å²) in [5, 5.41) is 8.34. The molecule has 2 heterocycles. The van der Waals surface area contributed by atoms with Gasteiger partial charge in [0, 0.05) is 24.4 Å². The Morgan fingerprint density at radius 3 is 1.46 bits per heavy atom. The molecule has 5 aromatic carbocycles. The van der Waals surface area contributed by atoms with Crippen molar-refractivity contribution in [3.05, 3.63) is 172 Å². The number of nitrogens with zero attached hydrogens (tertiary/aromatic N) is 2. The minimum absolute atomic E-state index is 0.578. The normalized spacial score (nSPS) is 22.2. The van der Waals surface area contributed by atoms with Crippen molar-refractivity contribution in [3.63, 3.8) is 0 Å². The van der Waals surface area contributed by atoms with Crippen LogP contribution in [-0.4, -0.2) is 52.1 Å². The Balaban J connectivity index is 1.29. The van der Waals surface area contributed by atoms with Crippen LogP contribution in [0.5, 0.6) is 0 Å². The lowest BCUT2D eigenvalue weighted by Gasteiger charge is -2.50. The average molecular weight is 831 g/mol. The van der Waals surface area contributed by atoms with Crippen LogP contribution in [0.4, 0.5) is 0 Å². The molecule has 300 valence electrons. The third-order valence-electron chi connectivity index (χ3n) is 14.0. The number of likely N-dealkylation sites (N-methyl/N-ethyl adjacent to an activating group) is 1. The molecule has 7 rings (SSSR count). The second-order valence-corrected chi connectivity index (χ2v) is 31.9. The van der Waals surface area contributed by atoms with Crippen molar-refractivity contribution in [3.8, 4) is 0 Å². The maximum absolute atomic E-state index is 5.32. The summed E-state index contributed by atoms with van der Waals surface area (Å²) in [6.07, 6.45) is 6.32. The summed E-state index contributed by atoms with van der Waals surface area (Å²) < 4.78 is 2.91. The van der Waals surface area contributed by atoms with Crippen molar-refractivity contribution in [2.24, 2.45) is 0 Å². The summed E-state index contributed by atoms with van der Waals surface area (Å²) in [6.45, 7) is 33.8. The van der Waals surface area contributed by atoms with Crippen LogP contribution in [0, 0.1) is 26.7 Å². The van der Waals surface area contributed by atoms with E-state index in [1.165, 1.54) is 69.5 Å². The molecular weight excluding hydrogens is 764 g/mol. The maximum Gasteiger partial charge on any atom is 0.114 e. The van der Waals surface area contributed by atoms with E-state index in [4.69, 9.17) is 26.7 Å². The Labute approximate surface area is 349 Å². The molecule has 5 aromatic rings. The zero-order valence-electron chi connectivity index (χ0n) is 35.3. The van der Waals surface area contributed by atoms with Crippen molar-refractivity contribution in [2.45, 2.75) is 89.0 Å². The van der Waals surface area contributed by atoms with Gasteiger partial charge >= 0.3 is 0 Å². The van der Waals surface area contributed by atoms with Crippen molar-refractivity contribution in [1.82, 2.24) is 9.34 Å². The Hall–Kier alpha value is -2.26. The molecule has 0 bridgehead atoms. The van der Waals surface area contributed by atoms with Gasteiger partial charge in [-0.15, -0.1) is 11.1 Å². The van der Waals surface area contributed by atoms with Crippen LogP contribution in [0.25, 0.3) is 0 Å². The van der Waals surface area contributed by atoms with E-state index in [0.717, 1.165) is 19.6 Å². The van der Waals surface area contributed by atoms with Gasteiger partial charge in [-0.25, -0.2) is 0 Å². The Kier molecular flexibility index (Phi) is 13.4. The lowest BCUT2D eigenvalue weighted by molar-refractivity contribution is 0.318. The van der Waals surface area contributed by atoms with E-state index in [1.807, 2.05) is 0 Å². The number of hydrogen-bond acceptors (Lipinski definition) is 2. The van der Waals surface area contributed by atoms with Crippen LogP contribution in [-0.2, 0) is 6.54 Å². The fraction of sp³-hybridized carbons (Fsp3) is 0.333. The van der Waals surface area contributed by atoms with E-state index in [0.29, 0.717) is 22.6 Å². The highest BCUT2D eigenvalue weighted by atomic mass is 31.2. The van der Waals surface area contributed by atoms with Crippen LogP contribution in [0.15, 0.2) is 140 Å². The summed E-state index contributed by atoms with van der Waals surface area (Å²) in [5.74, 6) is 0. The summed E-state index contributed by atoms with van der Waals surface area (Å²) in [4.78, 5) is 2.55. The van der Waals surface area contributed by atoms with Crippen molar-refractivity contribution in [2.75, 3.05) is 20.1 Å². The highest BCUT2D eigenvalue weighted by Crippen LogP contribution is 2.83. The van der Waals surface area contributed by atoms with Gasteiger partial charge in [0.2, 0.25) is 0 Å². The average Bonchev–Trinajstić information content (AvgIpc) is 3.50. The molecule has 2 aliphatic rings. The summed E-state index contributed by atoms with van der Waals surface area (Å²) >= 11 is 0. The first-order valence-electron chi connectivity index (χ1n) is 21.1. The van der Waals surface area contributed by atoms with Gasteiger partial charge in [-0.3, -0.25) is 0 Å². The first-order valence-corrected chi connectivity index (χ1v) is 29.2. The molecule has 0 aliphatic carbocycles. The largest absolute Gasteiger partial charge is 0.301 e. The van der Waals surface area contributed by atoms with Gasteiger partial charge in [-0.1, -0.05) is 86.1 Å². The highest BCUT2D eigenvalue weighted by Gasteiger charge is 2.57. The molecule has 6 heteroatoms. The van der Waals surface area contributed by atoms with E-state index in [-0.39, 0.29) is 0 Å². The van der Waals surface area contributed by atoms with Crippen LogP contribution < -0.4 is 31.8 Å². The van der Waals surface area contributed by atoms with Crippen molar-refractivity contribution in [1.29, 1.82) is 0 Å². The summed E-state index contributed by atoms with van der Waals surface area (Å²) in [6, 6.07) is 52.3. The quantitative estimate of drug-likeness (QED) is 0.0862. The molecule has 0 spiro atoms. The lowest BCUT2D eigenvalue weighted by atomic mass is 10.1. The van der Waals surface area contributed by atoms with E-state index in [2.05, 4.69) is 184 Å². The summed E-state index contributed by atoms with van der Waals surface area (Å²) in [7, 11) is -5.71. The smallest absolute Gasteiger partial charge is 0.114 e. The van der Waals surface area contributed by atoms with Crippen LogP contribution in [0.2, 0.25) is 0 Å². The number of hydrogen-bond donors (Lipinski definition) is 0. The van der Waals surface area contributed by atoms with E-state index >= 15 is 0 Å². The minimum atomic E-state index is -2.25. The topological polar surface area (TPSA) is 6.48 Å². The Morgan fingerprint density at radius 1 is 0.561 bits per heavy atom. The first-order chi connectivity index (χ1) is 27.3. The molecular formula is C51H66N2P4. The Morgan fingerprint density at radius 2 is 1.00 bits per heavy atom. The molecule has 2 aliphatic heterocycles. The third-order valence-corrected chi connectivity index (χ3v) is 32.5. The molecule has 2 fully saturated rings. The van der Waals surface area contributed by atoms with Gasteiger partial charge in [0.25, 0.3) is 0 Å². The molecule has 0 N–H and O–H groups in total. The second-order valence-electron chi connectivity index (χ2n) is 17.3. The van der Waals surface area contributed by atoms with Crippen LogP contribution in [0.1, 0.15) is 65.4 Å². The minimum Gasteiger partial charge on any atom is -0.301 e. The molecule has 2 saturated heterocycles. The molecule has 0 radical (unpaired) electrons. The monoisotopic (exact) mass is 830 g/mol. The zero-order chi connectivity index (χ0) is 40.4. The third kappa shape index (κ3) is 7.92. The molecule has 57 heavy (non-hydrogen) atoms. The van der Waals surface area contributed by atoms with E-state index < -0.39 is 29.4 Å². The molecule has 0 amide bonds. The van der Waals surface area contributed by atoms with Gasteiger partial charge in [-0.2, -0.15) is 20.0 Å². The van der Waals surface area contributed by atoms with E-state index in [1.54, 1.807) is 0 Å². The molecule has 0 aromatic heterocycles. The van der Waals surface area contributed by atoms with Gasteiger partial charge in [0.1, 0.15) is 10.6 Å². The number of rotatable bonds is 13. The van der Waals surface area contributed by atoms with Gasteiger partial charge in [0.15, 0.2) is 0 Å². The SMILES string of the molecule is [CH2-][P+](c1ccccc1)(c1ccccc1)c1cc(CN(C)CCN([P+]([CH2-])(c2ccccc2)c2ccccc2)[P+]2([CH2-])[C@H](C)CC[C@H]2C)ccc1[P+]1([CH2-])[C@H](C)CCC[C@H]1C. The lowest BCUT2D eigenvalue weighted by Crippen LogP contribution is -2.43. The fourth-order valence-electron chi connectivity index (χ4n) is 10.1. The van der Waals surface area contributed by atoms with Crippen molar-refractivity contribution < 1.29 is 0 Å². The molecule has 2 nitrogen and oxygen atoms in total. The standard InChI is InChI=1S/C51H66N2P4/c1-41-23-22-24-42(2)54(41,6)50-36-35-45(39-51(50)55(7,46-25-14-10-15-26-46)47-27-16-11-17-28-47)40-52(5)37-38-53(56(8)43(3)33-34-44(56)4)57(9,48-29-18-12-19-30-48)49-31-20-13-21-32-49/h10-21,25-32,35-36,39,41-44H,6-9,22-24,33-34,37-38,40H2,1-5H3/t41-,42-,43-,44-/m1/s1. The second kappa shape index (κ2) is 17.8. The maximum atomic E-state index is 5.32.